The first-order valence-corrected chi connectivity index (χ1v) is 14.2. The number of methoxy groups -OCH3 is 1. The van der Waals surface area contributed by atoms with Crippen molar-refractivity contribution < 1.29 is 22.7 Å². The van der Waals surface area contributed by atoms with Crippen molar-refractivity contribution in [1.82, 2.24) is 9.29 Å². The zero-order valence-corrected chi connectivity index (χ0v) is 23.5. The summed E-state index contributed by atoms with van der Waals surface area (Å²) in [5.41, 5.74) is 1.34. The number of pyridine rings is 1. The summed E-state index contributed by atoms with van der Waals surface area (Å²) in [4.78, 5) is 16.9. The van der Waals surface area contributed by atoms with Gasteiger partial charge in [0.1, 0.15) is 5.75 Å². The summed E-state index contributed by atoms with van der Waals surface area (Å²) in [6.45, 7) is 8.27. The predicted octanol–water partition coefficient (Wildman–Crippen LogP) is 6.09. The molecule has 1 amide bonds. The summed E-state index contributed by atoms with van der Waals surface area (Å²) >= 11 is 12.9. The smallest absolute Gasteiger partial charge is 0.224 e. The van der Waals surface area contributed by atoms with Crippen LogP contribution in [0.25, 0.3) is 0 Å². The maximum Gasteiger partial charge on any atom is 0.224 e. The standard InChI is InChI=1S/C25H33Cl2N3O5S/c1-15(2)20-13-19(14-28-25(20)34-5)35-24-21(26)11-18(12-22(24)27)29-23(31)10-17-6-8-30(9-7-17)36(32,33)16(3)4/h11-17H,6-10H2,1-5H3,(H,29,31). The lowest BCUT2D eigenvalue weighted by atomic mass is 9.94. The molecule has 3 rings (SSSR count). The fourth-order valence-corrected chi connectivity index (χ4v) is 5.96. The van der Waals surface area contributed by atoms with Crippen LogP contribution in [-0.4, -0.2) is 49.1 Å². The second-order valence-electron chi connectivity index (χ2n) is 9.48. The van der Waals surface area contributed by atoms with E-state index in [0.717, 1.165) is 5.56 Å². The second kappa shape index (κ2) is 12.0. The maximum atomic E-state index is 12.6. The largest absolute Gasteiger partial charge is 0.481 e. The zero-order valence-electron chi connectivity index (χ0n) is 21.2. The Balaban J connectivity index is 1.62. The number of carbonyl (C=O) groups excluding carboxylic acids is 1. The number of nitrogens with one attached hydrogen (secondary N) is 1. The molecule has 1 aromatic carbocycles. The number of aromatic nitrogens is 1. The lowest BCUT2D eigenvalue weighted by Crippen LogP contribution is -2.42. The third-order valence-electron chi connectivity index (χ3n) is 6.17. The number of benzene rings is 1. The number of rotatable bonds is 9. The average molecular weight is 559 g/mol. The van der Waals surface area contributed by atoms with E-state index in [1.807, 2.05) is 19.9 Å². The molecule has 0 aliphatic carbocycles. The molecule has 11 heteroatoms. The van der Waals surface area contributed by atoms with E-state index in [9.17, 15) is 13.2 Å². The van der Waals surface area contributed by atoms with Crippen molar-refractivity contribution in [3.63, 3.8) is 0 Å². The number of anilines is 1. The van der Waals surface area contributed by atoms with Gasteiger partial charge in [-0.15, -0.1) is 0 Å². The summed E-state index contributed by atoms with van der Waals surface area (Å²) in [5.74, 6) is 1.35. The SMILES string of the molecule is COc1ncc(Oc2c(Cl)cc(NC(=O)CC3CCN(S(=O)(=O)C(C)C)CC3)cc2Cl)cc1C(C)C. The van der Waals surface area contributed by atoms with Crippen LogP contribution in [0.2, 0.25) is 10.0 Å². The molecular formula is C25H33Cl2N3O5S. The molecule has 0 unspecified atom stereocenters. The van der Waals surface area contributed by atoms with Gasteiger partial charge in [0.05, 0.1) is 28.6 Å². The van der Waals surface area contributed by atoms with Crippen LogP contribution in [-0.2, 0) is 14.8 Å². The van der Waals surface area contributed by atoms with Crippen LogP contribution in [0.3, 0.4) is 0 Å². The Bertz CT molecular complexity index is 1170. The van der Waals surface area contributed by atoms with Crippen molar-refractivity contribution in [3.8, 4) is 17.4 Å². The van der Waals surface area contributed by atoms with Gasteiger partial charge in [0.25, 0.3) is 0 Å². The number of nitrogens with zero attached hydrogens (tertiary/aromatic N) is 2. The number of halogens is 2. The molecule has 0 atom stereocenters. The fourth-order valence-electron chi connectivity index (χ4n) is 4.08. The molecule has 1 N–H and O–H groups in total. The number of hydrogen-bond donors (Lipinski definition) is 1. The maximum absolute atomic E-state index is 12.6. The van der Waals surface area contributed by atoms with Gasteiger partial charge in [-0.05, 0) is 56.7 Å². The molecule has 2 aromatic rings. The van der Waals surface area contributed by atoms with Crippen molar-refractivity contribution in [3.05, 3.63) is 40.0 Å². The van der Waals surface area contributed by atoms with E-state index in [1.54, 1.807) is 33.1 Å². The summed E-state index contributed by atoms with van der Waals surface area (Å²) in [5, 5.41) is 2.87. The van der Waals surface area contributed by atoms with Crippen molar-refractivity contribution in [2.75, 3.05) is 25.5 Å². The Morgan fingerprint density at radius 2 is 1.75 bits per heavy atom. The normalized spacial score (nSPS) is 15.4. The van der Waals surface area contributed by atoms with Gasteiger partial charge in [0.2, 0.25) is 21.8 Å². The highest BCUT2D eigenvalue weighted by atomic mass is 35.5. The highest BCUT2D eigenvalue weighted by molar-refractivity contribution is 7.89. The molecule has 0 radical (unpaired) electrons. The van der Waals surface area contributed by atoms with Crippen LogP contribution in [0.15, 0.2) is 24.4 Å². The third-order valence-corrected chi connectivity index (χ3v) is 9.01. The molecule has 1 aliphatic heterocycles. The third kappa shape index (κ3) is 6.82. The van der Waals surface area contributed by atoms with Gasteiger partial charge >= 0.3 is 0 Å². The van der Waals surface area contributed by atoms with Crippen LogP contribution in [0, 0.1) is 5.92 Å². The van der Waals surface area contributed by atoms with E-state index in [-0.39, 0.29) is 33.5 Å². The van der Waals surface area contributed by atoms with Gasteiger partial charge in [-0.25, -0.2) is 17.7 Å². The van der Waals surface area contributed by atoms with Gasteiger partial charge < -0.3 is 14.8 Å². The predicted molar refractivity (Wildman–Crippen MR) is 143 cm³/mol. The van der Waals surface area contributed by atoms with Crippen LogP contribution in [0.1, 0.15) is 58.4 Å². The molecular weight excluding hydrogens is 525 g/mol. The lowest BCUT2D eigenvalue weighted by Gasteiger charge is -2.32. The van der Waals surface area contributed by atoms with E-state index >= 15 is 0 Å². The van der Waals surface area contributed by atoms with Gasteiger partial charge in [-0.1, -0.05) is 37.0 Å². The molecule has 0 spiro atoms. The fraction of sp³-hybridized carbons (Fsp3) is 0.520. The van der Waals surface area contributed by atoms with E-state index in [4.69, 9.17) is 32.7 Å². The summed E-state index contributed by atoms with van der Waals surface area (Å²) in [7, 11) is -1.70. The molecule has 36 heavy (non-hydrogen) atoms. The number of hydrogen-bond acceptors (Lipinski definition) is 6. The average Bonchev–Trinajstić information content (AvgIpc) is 2.81. The van der Waals surface area contributed by atoms with Gasteiger partial charge in [-0.2, -0.15) is 0 Å². The van der Waals surface area contributed by atoms with Gasteiger partial charge in [0, 0.05) is 30.8 Å². The Kier molecular flexibility index (Phi) is 9.49. The molecule has 198 valence electrons. The van der Waals surface area contributed by atoms with Crippen molar-refractivity contribution in [2.24, 2.45) is 5.92 Å². The highest BCUT2D eigenvalue weighted by Crippen LogP contribution is 2.40. The zero-order chi connectivity index (χ0) is 26.6. The van der Waals surface area contributed by atoms with Crippen LogP contribution in [0.5, 0.6) is 17.4 Å². The minimum absolute atomic E-state index is 0.106. The minimum atomic E-state index is -3.27. The number of sulfonamides is 1. The van der Waals surface area contributed by atoms with Crippen LogP contribution >= 0.6 is 23.2 Å². The van der Waals surface area contributed by atoms with Crippen LogP contribution < -0.4 is 14.8 Å². The van der Waals surface area contributed by atoms with E-state index in [2.05, 4.69) is 10.3 Å². The van der Waals surface area contributed by atoms with E-state index in [0.29, 0.717) is 49.7 Å². The van der Waals surface area contributed by atoms with Gasteiger partial charge in [0.15, 0.2) is 5.75 Å². The molecule has 1 aromatic heterocycles. The summed E-state index contributed by atoms with van der Waals surface area (Å²) in [6.07, 6.45) is 3.10. The molecule has 8 nitrogen and oxygen atoms in total. The molecule has 1 aliphatic rings. The van der Waals surface area contributed by atoms with E-state index in [1.165, 1.54) is 10.5 Å². The second-order valence-corrected chi connectivity index (χ2v) is 12.8. The quantitative estimate of drug-likeness (QED) is 0.400. The molecule has 1 fully saturated rings. The molecule has 2 heterocycles. The summed E-state index contributed by atoms with van der Waals surface area (Å²) < 4.78 is 37.4. The van der Waals surface area contributed by atoms with Gasteiger partial charge in [-0.3, -0.25) is 4.79 Å². The van der Waals surface area contributed by atoms with Crippen molar-refractivity contribution in [2.45, 2.75) is 58.1 Å². The van der Waals surface area contributed by atoms with Crippen molar-refractivity contribution in [1.29, 1.82) is 0 Å². The molecule has 1 saturated heterocycles. The topological polar surface area (TPSA) is 97.8 Å². The first-order chi connectivity index (χ1) is 16.9. The minimum Gasteiger partial charge on any atom is -0.481 e. The lowest BCUT2D eigenvalue weighted by molar-refractivity contribution is -0.117. The first-order valence-electron chi connectivity index (χ1n) is 11.9. The molecule has 0 bridgehead atoms. The number of ether oxygens (including phenoxy) is 2. The monoisotopic (exact) mass is 557 g/mol. The van der Waals surface area contributed by atoms with Crippen LogP contribution in [0.4, 0.5) is 5.69 Å². The first kappa shape index (κ1) is 28.5. The number of carbonyl (C=O) groups is 1. The molecule has 0 saturated carbocycles. The highest BCUT2D eigenvalue weighted by Gasteiger charge is 2.31. The summed E-state index contributed by atoms with van der Waals surface area (Å²) in [6, 6.07) is 4.99. The Labute approximate surface area is 223 Å². The Hall–Kier alpha value is -2.07. The Morgan fingerprint density at radius 3 is 2.28 bits per heavy atom. The Morgan fingerprint density at radius 1 is 1.14 bits per heavy atom. The van der Waals surface area contributed by atoms with Crippen molar-refractivity contribution >= 4 is 44.8 Å². The van der Waals surface area contributed by atoms with E-state index < -0.39 is 15.3 Å². The number of piperidine rings is 1. The number of amides is 1.